The molecule has 0 saturated heterocycles. The standard InChI is InChI=1S/C29H31ClFN5OS/c1-3-18-13-20(14-21-16-33-29(35-28(18)21)34-22-9-10-25(32)17(2)12-22)19-8-11-26(24(31)15-19)36-38(37)27-7-5-4-6-23(27)30/h4-8,11,13-17,22,25,36H,3,9-10,12,32H2,1-2H3,(H,33,34,35)/t17-,22?,25-,38?/m1/s1. The highest BCUT2D eigenvalue weighted by Gasteiger charge is 2.25. The fourth-order valence-corrected chi connectivity index (χ4v) is 6.25. The van der Waals surface area contributed by atoms with Gasteiger partial charge in [0, 0.05) is 23.7 Å². The second kappa shape index (κ2) is 11.4. The molecule has 0 amide bonds. The number of halogens is 2. The van der Waals surface area contributed by atoms with Gasteiger partial charge >= 0.3 is 0 Å². The van der Waals surface area contributed by atoms with Crippen molar-refractivity contribution >= 4 is 45.1 Å². The fraction of sp³-hybridized carbons (Fsp3) is 0.310. The van der Waals surface area contributed by atoms with Gasteiger partial charge in [0.2, 0.25) is 5.95 Å². The van der Waals surface area contributed by atoms with E-state index in [1.807, 2.05) is 24.4 Å². The highest BCUT2D eigenvalue weighted by atomic mass is 35.5. The summed E-state index contributed by atoms with van der Waals surface area (Å²) in [6, 6.07) is 16.2. The summed E-state index contributed by atoms with van der Waals surface area (Å²) in [7, 11) is -1.69. The molecule has 1 aliphatic rings. The number of aryl methyl sites for hydroxylation is 1. The maximum atomic E-state index is 15.1. The smallest absolute Gasteiger partial charge is 0.223 e. The normalized spacial score (nSPS) is 20.3. The molecular weight excluding hydrogens is 521 g/mol. The van der Waals surface area contributed by atoms with Gasteiger partial charge < -0.3 is 11.1 Å². The zero-order valence-electron chi connectivity index (χ0n) is 21.4. The molecule has 38 heavy (non-hydrogen) atoms. The molecule has 3 aromatic carbocycles. The molecule has 9 heteroatoms. The van der Waals surface area contributed by atoms with E-state index in [1.165, 1.54) is 6.07 Å². The van der Waals surface area contributed by atoms with Crippen LogP contribution < -0.4 is 15.8 Å². The predicted octanol–water partition coefficient (Wildman–Crippen LogP) is 6.71. The fourth-order valence-electron chi connectivity index (χ4n) is 4.99. The summed E-state index contributed by atoms with van der Waals surface area (Å²) in [6.07, 6.45) is 5.61. The van der Waals surface area contributed by atoms with Gasteiger partial charge in [0.25, 0.3) is 0 Å². The van der Waals surface area contributed by atoms with Gasteiger partial charge in [0.15, 0.2) is 11.0 Å². The number of hydrogen-bond donors (Lipinski definition) is 3. The number of nitrogens with two attached hydrogens (primary N) is 1. The molecule has 0 bridgehead atoms. The maximum Gasteiger partial charge on any atom is 0.223 e. The molecule has 6 nitrogen and oxygen atoms in total. The van der Waals surface area contributed by atoms with Gasteiger partial charge in [0.05, 0.1) is 21.1 Å². The first-order valence-corrected chi connectivity index (χ1v) is 14.4. The molecular formula is C29H31ClFN5OS. The lowest BCUT2D eigenvalue weighted by Crippen LogP contribution is -2.39. The monoisotopic (exact) mass is 551 g/mol. The average molecular weight is 552 g/mol. The van der Waals surface area contributed by atoms with Gasteiger partial charge in [-0.15, -0.1) is 0 Å². The zero-order valence-corrected chi connectivity index (χ0v) is 23.0. The quantitative estimate of drug-likeness (QED) is 0.237. The molecule has 2 unspecified atom stereocenters. The lowest BCUT2D eigenvalue weighted by Gasteiger charge is -2.32. The molecule has 1 fully saturated rings. The molecule has 4 aromatic rings. The van der Waals surface area contributed by atoms with E-state index in [-0.39, 0.29) is 11.7 Å². The van der Waals surface area contributed by atoms with Crippen LogP contribution in [0.1, 0.15) is 38.7 Å². The Bertz CT molecular complexity index is 1500. The topological polar surface area (TPSA) is 92.9 Å². The first-order chi connectivity index (χ1) is 18.3. The molecule has 4 N–H and O–H groups in total. The van der Waals surface area contributed by atoms with E-state index in [0.29, 0.717) is 33.4 Å². The van der Waals surface area contributed by atoms with Crippen molar-refractivity contribution in [3.63, 3.8) is 0 Å². The molecule has 4 atom stereocenters. The van der Waals surface area contributed by atoms with Gasteiger partial charge in [-0.1, -0.05) is 43.6 Å². The van der Waals surface area contributed by atoms with E-state index < -0.39 is 16.8 Å². The van der Waals surface area contributed by atoms with Crippen LogP contribution in [0.5, 0.6) is 0 Å². The maximum absolute atomic E-state index is 15.1. The largest absolute Gasteiger partial charge is 0.351 e. The second-order valence-corrected chi connectivity index (χ2v) is 11.5. The van der Waals surface area contributed by atoms with Crippen molar-refractivity contribution in [3.05, 3.63) is 77.2 Å². The summed E-state index contributed by atoms with van der Waals surface area (Å²) in [6.45, 7) is 4.27. The number of anilines is 2. The van der Waals surface area contributed by atoms with E-state index in [2.05, 4.69) is 28.9 Å². The second-order valence-electron chi connectivity index (χ2n) is 9.91. The number of fused-ring (bicyclic) bond motifs is 1. The van der Waals surface area contributed by atoms with Crippen LogP contribution in [0.4, 0.5) is 16.0 Å². The number of benzene rings is 3. The van der Waals surface area contributed by atoms with Crippen molar-refractivity contribution in [3.8, 4) is 11.1 Å². The van der Waals surface area contributed by atoms with Crippen LogP contribution in [-0.4, -0.2) is 26.3 Å². The number of hydrogen-bond acceptors (Lipinski definition) is 5. The Morgan fingerprint density at radius 1 is 1.13 bits per heavy atom. The molecule has 1 heterocycles. The van der Waals surface area contributed by atoms with Gasteiger partial charge in [0.1, 0.15) is 5.82 Å². The van der Waals surface area contributed by atoms with E-state index in [1.54, 1.807) is 30.3 Å². The molecule has 1 saturated carbocycles. The third kappa shape index (κ3) is 5.67. The van der Waals surface area contributed by atoms with E-state index in [0.717, 1.165) is 47.7 Å². The minimum atomic E-state index is -1.69. The summed E-state index contributed by atoms with van der Waals surface area (Å²) in [5.74, 6) is 0.590. The summed E-state index contributed by atoms with van der Waals surface area (Å²) in [5, 5.41) is 4.75. The third-order valence-electron chi connectivity index (χ3n) is 7.25. The van der Waals surface area contributed by atoms with Gasteiger partial charge in [-0.05, 0) is 84.7 Å². The van der Waals surface area contributed by atoms with Crippen LogP contribution in [0.15, 0.2) is 65.7 Å². The van der Waals surface area contributed by atoms with Gasteiger partial charge in [-0.3, -0.25) is 4.72 Å². The predicted molar refractivity (Wildman–Crippen MR) is 154 cm³/mol. The van der Waals surface area contributed by atoms with Crippen LogP contribution in [0.3, 0.4) is 0 Å². The van der Waals surface area contributed by atoms with Crippen LogP contribution in [0.2, 0.25) is 5.02 Å². The highest BCUT2D eigenvalue weighted by molar-refractivity contribution is 7.86. The van der Waals surface area contributed by atoms with E-state index >= 15 is 4.39 Å². The SMILES string of the molecule is CCc1cc(-c2ccc(NS(=O)c3ccccc3Cl)c(F)c2)cc2cnc(NC3CC[C@@H](N)[C@H](C)C3)nc12. The van der Waals surface area contributed by atoms with Crippen molar-refractivity contribution in [2.45, 2.75) is 56.5 Å². The third-order valence-corrected chi connectivity index (χ3v) is 8.86. The van der Waals surface area contributed by atoms with Gasteiger partial charge in [-0.2, -0.15) is 0 Å². The summed E-state index contributed by atoms with van der Waals surface area (Å²) >= 11 is 6.13. The number of nitrogens with zero attached hydrogens (tertiary/aromatic N) is 2. The van der Waals surface area contributed by atoms with Crippen molar-refractivity contribution in [2.24, 2.45) is 11.7 Å². The lowest BCUT2D eigenvalue weighted by atomic mass is 9.83. The minimum Gasteiger partial charge on any atom is -0.351 e. The minimum absolute atomic E-state index is 0.139. The van der Waals surface area contributed by atoms with Crippen LogP contribution in [0, 0.1) is 11.7 Å². The summed E-state index contributed by atoms with van der Waals surface area (Å²) < 4.78 is 30.5. The van der Waals surface area contributed by atoms with E-state index in [9.17, 15) is 4.21 Å². The first-order valence-electron chi connectivity index (χ1n) is 12.9. The summed E-state index contributed by atoms with van der Waals surface area (Å²) in [5.41, 5.74) is 9.84. The van der Waals surface area contributed by atoms with Crippen molar-refractivity contribution in [2.75, 3.05) is 10.0 Å². The van der Waals surface area contributed by atoms with Crippen LogP contribution in [0.25, 0.3) is 22.0 Å². The Balaban J connectivity index is 1.38. The Kier molecular flexibility index (Phi) is 7.93. The van der Waals surface area contributed by atoms with Crippen molar-refractivity contribution in [1.29, 1.82) is 0 Å². The molecule has 0 aliphatic heterocycles. The molecule has 1 aliphatic carbocycles. The van der Waals surface area contributed by atoms with E-state index in [4.69, 9.17) is 22.3 Å². The lowest BCUT2D eigenvalue weighted by molar-refractivity contribution is 0.310. The Labute approximate surface area is 229 Å². The van der Waals surface area contributed by atoms with Crippen molar-refractivity contribution in [1.82, 2.24) is 9.97 Å². The Hall–Kier alpha value is -3.07. The summed E-state index contributed by atoms with van der Waals surface area (Å²) in [4.78, 5) is 9.81. The highest BCUT2D eigenvalue weighted by Crippen LogP contribution is 2.31. The van der Waals surface area contributed by atoms with Crippen molar-refractivity contribution < 1.29 is 8.60 Å². The van der Waals surface area contributed by atoms with Gasteiger partial charge in [-0.25, -0.2) is 18.6 Å². The first kappa shape index (κ1) is 26.5. The van der Waals surface area contributed by atoms with Crippen LogP contribution >= 0.6 is 11.6 Å². The molecule has 0 radical (unpaired) electrons. The molecule has 198 valence electrons. The average Bonchev–Trinajstić information content (AvgIpc) is 2.91. The van der Waals surface area contributed by atoms with Crippen LogP contribution in [-0.2, 0) is 17.4 Å². The molecule has 5 rings (SSSR count). The molecule has 1 aromatic heterocycles. The Morgan fingerprint density at radius 3 is 2.68 bits per heavy atom. The molecule has 0 spiro atoms. The number of aromatic nitrogens is 2. The number of nitrogens with one attached hydrogen (secondary N) is 2. The Morgan fingerprint density at radius 2 is 1.95 bits per heavy atom. The number of rotatable bonds is 7. The zero-order chi connectivity index (χ0) is 26.8.